The second kappa shape index (κ2) is 13.4. The SMILES string of the molecule is CCCNC(=O)[C@@H](C)N(Cc1ccccc1C)C(=O)CN(c1ccccc1CC)S(=O)(=O)c1ccc(C)cc1. The highest BCUT2D eigenvalue weighted by Crippen LogP contribution is 2.28. The number of nitrogens with one attached hydrogen (secondary N) is 1. The zero-order valence-electron chi connectivity index (χ0n) is 23.5. The lowest BCUT2D eigenvalue weighted by Gasteiger charge is -2.33. The Morgan fingerprint density at radius 2 is 1.49 bits per heavy atom. The van der Waals surface area contributed by atoms with Gasteiger partial charge in [0, 0.05) is 13.1 Å². The van der Waals surface area contributed by atoms with Gasteiger partial charge in [-0.05, 0) is 68.5 Å². The van der Waals surface area contributed by atoms with E-state index >= 15 is 0 Å². The predicted octanol–water partition coefficient (Wildman–Crippen LogP) is 5.00. The number of nitrogens with zero attached hydrogens (tertiary/aromatic N) is 2. The van der Waals surface area contributed by atoms with Crippen molar-refractivity contribution in [3.05, 3.63) is 95.1 Å². The highest BCUT2D eigenvalue weighted by Gasteiger charge is 2.33. The van der Waals surface area contributed by atoms with Gasteiger partial charge in [0.1, 0.15) is 12.6 Å². The van der Waals surface area contributed by atoms with E-state index in [1.54, 1.807) is 43.3 Å². The van der Waals surface area contributed by atoms with Gasteiger partial charge in [-0.2, -0.15) is 0 Å². The summed E-state index contributed by atoms with van der Waals surface area (Å²) in [5.41, 5.74) is 4.06. The quantitative estimate of drug-likeness (QED) is 0.344. The van der Waals surface area contributed by atoms with E-state index in [-0.39, 0.29) is 17.3 Å². The summed E-state index contributed by atoms with van der Waals surface area (Å²) in [5, 5.41) is 2.87. The van der Waals surface area contributed by atoms with Gasteiger partial charge in [0.2, 0.25) is 11.8 Å². The van der Waals surface area contributed by atoms with Crippen LogP contribution in [0.2, 0.25) is 0 Å². The molecule has 0 fully saturated rings. The van der Waals surface area contributed by atoms with E-state index < -0.39 is 28.5 Å². The molecule has 208 valence electrons. The molecule has 1 atom stereocenters. The average molecular weight is 550 g/mol. The van der Waals surface area contributed by atoms with Gasteiger partial charge < -0.3 is 10.2 Å². The average Bonchev–Trinajstić information content (AvgIpc) is 2.93. The van der Waals surface area contributed by atoms with E-state index in [0.29, 0.717) is 18.7 Å². The number of sulfonamides is 1. The normalized spacial score (nSPS) is 12.0. The molecule has 3 rings (SSSR count). The Morgan fingerprint density at radius 1 is 0.872 bits per heavy atom. The second-order valence-corrected chi connectivity index (χ2v) is 11.6. The number of para-hydroxylation sites is 1. The number of aryl methyl sites for hydroxylation is 3. The lowest BCUT2D eigenvalue weighted by Crippen LogP contribution is -2.51. The van der Waals surface area contributed by atoms with Crippen LogP contribution in [-0.2, 0) is 32.6 Å². The zero-order chi connectivity index (χ0) is 28.6. The first-order valence-corrected chi connectivity index (χ1v) is 14.8. The van der Waals surface area contributed by atoms with Crippen LogP contribution in [-0.4, -0.2) is 44.3 Å². The van der Waals surface area contributed by atoms with Crippen LogP contribution in [0.1, 0.15) is 49.4 Å². The molecule has 0 spiro atoms. The van der Waals surface area contributed by atoms with E-state index in [9.17, 15) is 18.0 Å². The maximum absolute atomic E-state index is 14.0. The highest BCUT2D eigenvalue weighted by molar-refractivity contribution is 7.92. The summed E-state index contributed by atoms with van der Waals surface area (Å²) in [4.78, 5) is 28.6. The van der Waals surface area contributed by atoms with Gasteiger partial charge in [0.15, 0.2) is 0 Å². The first-order chi connectivity index (χ1) is 18.6. The van der Waals surface area contributed by atoms with Gasteiger partial charge in [0.05, 0.1) is 10.6 Å². The van der Waals surface area contributed by atoms with Crippen molar-refractivity contribution in [1.29, 1.82) is 0 Å². The smallest absolute Gasteiger partial charge is 0.264 e. The van der Waals surface area contributed by atoms with Gasteiger partial charge in [-0.1, -0.05) is 74.0 Å². The minimum absolute atomic E-state index is 0.103. The highest BCUT2D eigenvalue weighted by atomic mass is 32.2. The van der Waals surface area contributed by atoms with Crippen molar-refractivity contribution in [2.75, 3.05) is 17.4 Å². The summed E-state index contributed by atoms with van der Waals surface area (Å²) < 4.78 is 29.2. The standard InChI is InChI=1S/C31H39N3O4S/c1-6-20-32-31(36)25(5)33(21-27-14-9-8-12-24(27)4)30(35)22-34(29-15-11-10-13-26(29)7-2)39(37,38)28-18-16-23(3)17-19-28/h8-19,25H,6-7,20-22H2,1-5H3,(H,32,36)/t25-/m1/s1. The molecule has 0 bridgehead atoms. The third-order valence-corrected chi connectivity index (χ3v) is 8.62. The third kappa shape index (κ3) is 7.26. The molecular formula is C31H39N3O4S. The predicted molar refractivity (Wildman–Crippen MR) is 156 cm³/mol. The maximum Gasteiger partial charge on any atom is 0.264 e. The molecule has 0 saturated carbocycles. The van der Waals surface area contributed by atoms with Crippen LogP contribution in [0.4, 0.5) is 5.69 Å². The maximum atomic E-state index is 14.0. The number of benzene rings is 3. The van der Waals surface area contributed by atoms with Crippen molar-refractivity contribution in [2.24, 2.45) is 0 Å². The molecule has 0 aliphatic rings. The van der Waals surface area contributed by atoms with Gasteiger partial charge in [-0.15, -0.1) is 0 Å². The van der Waals surface area contributed by atoms with Crippen LogP contribution in [0.25, 0.3) is 0 Å². The fourth-order valence-electron chi connectivity index (χ4n) is 4.35. The molecule has 3 aromatic carbocycles. The molecule has 39 heavy (non-hydrogen) atoms. The number of hydrogen-bond donors (Lipinski definition) is 1. The van der Waals surface area contributed by atoms with Crippen LogP contribution < -0.4 is 9.62 Å². The van der Waals surface area contributed by atoms with E-state index in [2.05, 4.69) is 5.32 Å². The summed E-state index contributed by atoms with van der Waals surface area (Å²) in [6.07, 6.45) is 1.35. The Hall–Kier alpha value is -3.65. The largest absolute Gasteiger partial charge is 0.354 e. The number of amides is 2. The van der Waals surface area contributed by atoms with Gasteiger partial charge >= 0.3 is 0 Å². The zero-order valence-corrected chi connectivity index (χ0v) is 24.3. The summed E-state index contributed by atoms with van der Waals surface area (Å²) in [6, 6.07) is 20.7. The molecular weight excluding hydrogens is 510 g/mol. The van der Waals surface area contributed by atoms with Crippen molar-refractivity contribution in [2.45, 2.75) is 64.9 Å². The van der Waals surface area contributed by atoms with Crippen LogP contribution in [0.3, 0.4) is 0 Å². The van der Waals surface area contributed by atoms with Gasteiger partial charge in [0.25, 0.3) is 10.0 Å². The van der Waals surface area contributed by atoms with E-state index in [0.717, 1.165) is 28.7 Å². The minimum atomic E-state index is -4.09. The number of rotatable bonds is 12. The van der Waals surface area contributed by atoms with Crippen LogP contribution >= 0.6 is 0 Å². The van der Waals surface area contributed by atoms with Crippen LogP contribution in [0.15, 0.2) is 77.7 Å². The van der Waals surface area contributed by atoms with Gasteiger partial charge in [-0.25, -0.2) is 8.42 Å². The topological polar surface area (TPSA) is 86.8 Å². The molecule has 0 aliphatic heterocycles. The molecule has 0 heterocycles. The van der Waals surface area contributed by atoms with Crippen molar-refractivity contribution >= 4 is 27.5 Å². The number of anilines is 1. The summed E-state index contributed by atoms with van der Waals surface area (Å²) >= 11 is 0. The lowest BCUT2D eigenvalue weighted by molar-refractivity contribution is -0.139. The molecule has 7 nitrogen and oxygen atoms in total. The third-order valence-electron chi connectivity index (χ3n) is 6.85. The first kappa shape index (κ1) is 29.9. The molecule has 0 aromatic heterocycles. The minimum Gasteiger partial charge on any atom is -0.354 e. The Morgan fingerprint density at radius 3 is 2.10 bits per heavy atom. The second-order valence-electron chi connectivity index (χ2n) is 9.72. The molecule has 2 amide bonds. The summed E-state index contributed by atoms with van der Waals surface area (Å²) in [6.45, 7) is 9.66. The monoisotopic (exact) mass is 549 g/mol. The van der Waals surface area contributed by atoms with Crippen molar-refractivity contribution in [3.63, 3.8) is 0 Å². The molecule has 3 aromatic rings. The van der Waals surface area contributed by atoms with Gasteiger partial charge in [-0.3, -0.25) is 13.9 Å². The van der Waals surface area contributed by atoms with E-state index in [4.69, 9.17) is 0 Å². The summed E-state index contributed by atoms with van der Waals surface area (Å²) in [5.74, 6) is -0.736. The van der Waals surface area contributed by atoms with Crippen molar-refractivity contribution in [1.82, 2.24) is 10.2 Å². The first-order valence-electron chi connectivity index (χ1n) is 13.4. The van der Waals surface area contributed by atoms with Crippen molar-refractivity contribution < 1.29 is 18.0 Å². The Labute approximate surface area is 232 Å². The van der Waals surface area contributed by atoms with Crippen LogP contribution in [0, 0.1) is 13.8 Å². The molecule has 8 heteroatoms. The number of hydrogen-bond acceptors (Lipinski definition) is 4. The van der Waals surface area contributed by atoms with E-state index in [1.165, 1.54) is 9.21 Å². The van der Waals surface area contributed by atoms with Crippen LogP contribution in [0.5, 0.6) is 0 Å². The Kier molecular flexibility index (Phi) is 10.3. The lowest BCUT2D eigenvalue weighted by atomic mass is 10.1. The molecule has 0 unspecified atom stereocenters. The molecule has 0 saturated heterocycles. The Bertz CT molecular complexity index is 1390. The molecule has 0 radical (unpaired) electrons. The summed E-state index contributed by atoms with van der Waals surface area (Å²) in [7, 11) is -4.09. The fourth-order valence-corrected chi connectivity index (χ4v) is 5.81. The van der Waals surface area contributed by atoms with E-state index in [1.807, 2.05) is 64.1 Å². The number of carbonyl (C=O) groups excluding carboxylic acids is 2. The molecule has 0 aliphatic carbocycles. The molecule has 1 N–H and O–H groups in total. The number of carbonyl (C=O) groups is 2. The fraction of sp³-hybridized carbons (Fsp3) is 0.355. The van der Waals surface area contributed by atoms with Crippen molar-refractivity contribution in [3.8, 4) is 0 Å². The Balaban J connectivity index is 2.07.